The number of ether oxygens (including phenoxy) is 2. The molecule has 1 aromatic rings. The van der Waals surface area contributed by atoms with Crippen LogP contribution in [-0.2, 0) is 11.3 Å². The third-order valence-corrected chi connectivity index (χ3v) is 4.94. The van der Waals surface area contributed by atoms with Crippen molar-refractivity contribution in [3.8, 4) is 11.5 Å². The van der Waals surface area contributed by atoms with Crippen LogP contribution in [0, 0.1) is 5.92 Å². The largest absolute Gasteiger partial charge is 0.493 e. The lowest BCUT2D eigenvalue weighted by molar-refractivity contribution is -0.125. The Morgan fingerprint density at radius 2 is 2.00 bits per heavy atom. The molecule has 2 atom stereocenters. The Kier molecular flexibility index (Phi) is 7.08. The van der Waals surface area contributed by atoms with Crippen LogP contribution >= 0.6 is 0 Å². The summed E-state index contributed by atoms with van der Waals surface area (Å²) in [6, 6.07) is 6.21. The predicted molar refractivity (Wildman–Crippen MR) is 99.1 cm³/mol. The molecule has 1 heterocycles. The first-order valence-corrected chi connectivity index (χ1v) is 8.78. The summed E-state index contributed by atoms with van der Waals surface area (Å²) in [6.07, 6.45) is 1.95. The van der Waals surface area contributed by atoms with Crippen molar-refractivity contribution in [1.82, 2.24) is 15.1 Å². The van der Waals surface area contributed by atoms with Crippen molar-refractivity contribution in [1.29, 1.82) is 0 Å². The number of amides is 1. The second-order valence-electron chi connectivity index (χ2n) is 6.98. The molecule has 140 valence electrons. The number of methoxy groups -OCH3 is 2. The predicted octanol–water partition coefficient (Wildman–Crippen LogP) is 1.59. The van der Waals surface area contributed by atoms with Crippen molar-refractivity contribution in [3.63, 3.8) is 0 Å². The minimum atomic E-state index is 0.0200. The SMILES string of the molecule is COc1cccc(CNC(=O)[C@@H]2CC[C@H](N(C)C)CN(C)C2)c1OC. The average Bonchev–Trinajstić information content (AvgIpc) is 2.80. The fraction of sp³-hybridized carbons (Fsp3) is 0.632. The molecule has 1 amide bonds. The molecule has 0 saturated carbocycles. The Labute approximate surface area is 151 Å². The number of benzene rings is 1. The highest BCUT2D eigenvalue weighted by Crippen LogP contribution is 2.30. The molecular formula is C19H31N3O3. The number of nitrogens with zero attached hydrogens (tertiary/aromatic N) is 2. The lowest BCUT2D eigenvalue weighted by Gasteiger charge is -2.25. The first-order valence-electron chi connectivity index (χ1n) is 8.78. The van der Waals surface area contributed by atoms with E-state index in [1.54, 1.807) is 14.2 Å². The van der Waals surface area contributed by atoms with Crippen LogP contribution in [-0.4, -0.2) is 70.2 Å². The van der Waals surface area contributed by atoms with Crippen LogP contribution in [0.25, 0.3) is 0 Å². The van der Waals surface area contributed by atoms with E-state index in [1.807, 2.05) is 18.2 Å². The van der Waals surface area contributed by atoms with E-state index in [4.69, 9.17) is 9.47 Å². The third-order valence-electron chi connectivity index (χ3n) is 4.94. The quantitative estimate of drug-likeness (QED) is 0.845. The summed E-state index contributed by atoms with van der Waals surface area (Å²) >= 11 is 0. The number of nitrogens with one attached hydrogen (secondary N) is 1. The number of likely N-dealkylation sites (tertiary alicyclic amines) is 1. The Bertz CT molecular complexity index is 577. The van der Waals surface area contributed by atoms with Gasteiger partial charge in [-0.3, -0.25) is 4.79 Å². The summed E-state index contributed by atoms with van der Waals surface area (Å²) in [7, 11) is 9.53. The third kappa shape index (κ3) is 5.09. The van der Waals surface area contributed by atoms with E-state index < -0.39 is 0 Å². The van der Waals surface area contributed by atoms with Gasteiger partial charge in [0, 0.05) is 31.2 Å². The van der Waals surface area contributed by atoms with Crippen LogP contribution in [0.15, 0.2) is 18.2 Å². The number of likely N-dealkylation sites (N-methyl/N-ethyl adjacent to an activating group) is 2. The maximum absolute atomic E-state index is 12.7. The second kappa shape index (κ2) is 9.06. The molecule has 2 rings (SSSR count). The number of hydrogen-bond donors (Lipinski definition) is 1. The first kappa shape index (κ1) is 19.5. The normalized spacial score (nSPS) is 21.7. The van der Waals surface area contributed by atoms with E-state index in [0.717, 1.165) is 31.5 Å². The van der Waals surface area contributed by atoms with Gasteiger partial charge in [0.25, 0.3) is 0 Å². The second-order valence-corrected chi connectivity index (χ2v) is 6.98. The molecule has 0 bridgehead atoms. The van der Waals surface area contributed by atoms with Crippen LogP contribution < -0.4 is 14.8 Å². The number of hydrogen-bond acceptors (Lipinski definition) is 5. The monoisotopic (exact) mass is 349 g/mol. The smallest absolute Gasteiger partial charge is 0.224 e. The van der Waals surface area contributed by atoms with E-state index in [-0.39, 0.29) is 11.8 Å². The van der Waals surface area contributed by atoms with Gasteiger partial charge < -0.3 is 24.6 Å². The van der Waals surface area contributed by atoms with Gasteiger partial charge in [-0.1, -0.05) is 12.1 Å². The Hall–Kier alpha value is -1.79. The fourth-order valence-corrected chi connectivity index (χ4v) is 3.44. The highest BCUT2D eigenvalue weighted by molar-refractivity contribution is 5.79. The standard InChI is InChI=1S/C19H31N3O3/c1-21(2)16-10-9-15(12-22(3)13-16)19(23)20-11-14-7-6-8-17(24-4)18(14)25-5/h6-8,15-16H,9-13H2,1-5H3,(H,20,23)/t15-,16+/m1/s1. The lowest BCUT2D eigenvalue weighted by atomic mass is 10.0. The fourth-order valence-electron chi connectivity index (χ4n) is 3.44. The molecule has 1 fully saturated rings. The zero-order valence-electron chi connectivity index (χ0n) is 16.0. The minimum absolute atomic E-state index is 0.0200. The summed E-state index contributed by atoms with van der Waals surface area (Å²) < 4.78 is 10.7. The zero-order chi connectivity index (χ0) is 18.4. The molecule has 0 aromatic heterocycles. The van der Waals surface area contributed by atoms with Crippen molar-refractivity contribution < 1.29 is 14.3 Å². The summed E-state index contributed by atoms with van der Waals surface area (Å²) in [5.41, 5.74) is 0.920. The van der Waals surface area contributed by atoms with Gasteiger partial charge >= 0.3 is 0 Å². The maximum atomic E-state index is 12.7. The molecule has 0 unspecified atom stereocenters. The molecule has 1 aliphatic rings. The van der Waals surface area contributed by atoms with E-state index in [9.17, 15) is 4.79 Å². The summed E-state index contributed by atoms with van der Waals surface area (Å²) in [6.45, 7) is 2.24. The van der Waals surface area contributed by atoms with Gasteiger partial charge in [-0.2, -0.15) is 0 Å². The first-order chi connectivity index (χ1) is 12.0. The number of para-hydroxylation sites is 1. The molecule has 1 saturated heterocycles. The van der Waals surface area contributed by atoms with Gasteiger partial charge in [0.05, 0.1) is 20.1 Å². The highest BCUT2D eigenvalue weighted by atomic mass is 16.5. The van der Waals surface area contributed by atoms with Gasteiger partial charge in [0.1, 0.15) is 0 Å². The van der Waals surface area contributed by atoms with Crippen LogP contribution in [0.4, 0.5) is 0 Å². The maximum Gasteiger partial charge on any atom is 0.224 e. The zero-order valence-corrected chi connectivity index (χ0v) is 16.0. The van der Waals surface area contributed by atoms with Crippen LogP contribution in [0.1, 0.15) is 18.4 Å². The number of carbonyl (C=O) groups excluding carboxylic acids is 1. The van der Waals surface area contributed by atoms with Crippen LogP contribution in [0.3, 0.4) is 0 Å². The van der Waals surface area contributed by atoms with Gasteiger partial charge in [0.15, 0.2) is 11.5 Å². The van der Waals surface area contributed by atoms with E-state index in [2.05, 4.69) is 36.3 Å². The molecule has 0 aliphatic carbocycles. The van der Waals surface area contributed by atoms with Crippen molar-refractivity contribution >= 4 is 5.91 Å². The molecule has 6 nitrogen and oxygen atoms in total. The van der Waals surface area contributed by atoms with E-state index in [0.29, 0.717) is 24.1 Å². The van der Waals surface area contributed by atoms with Crippen LogP contribution in [0.5, 0.6) is 11.5 Å². The summed E-state index contributed by atoms with van der Waals surface area (Å²) in [4.78, 5) is 17.2. The van der Waals surface area contributed by atoms with E-state index >= 15 is 0 Å². The van der Waals surface area contributed by atoms with Gasteiger partial charge in [-0.15, -0.1) is 0 Å². The Morgan fingerprint density at radius 1 is 1.24 bits per heavy atom. The Morgan fingerprint density at radius 3 is 2.64 bits per heavy atom. The lowest BCUT2D eigenvalue weighted by Crippen LogP contribution is -2.39. The number of rotatable bonds is 6. The van der Waals surface area contributed by atoms with Gasteiger partial charge in [-0.25, -0.2) is 0 Å². The molecular weight excluding hydrogens is 318 g/mol. The van der Waals surface area contributed by atoms with Gasteiger partial charge in [-0.05, 0) is 40.1 Å². The van der Waals surface area contributed by atoms with E-state index in [1.165, 1.54) is 0 Å². The molecule has 0 spiro atoms. The summed E-state index contributed by atoms with van der Waals surface area (Å²) in [5, 5.41) is 3.07. The molecule has 1 aromatic carbocycles. The van der Waals surface area contributed by atoms with Crippen molar-refractivity contribution in [2.24, 2.45) is 5.92 Å². The van der Waals surface area contributed by atoms with Crippen molar-refractivity contribution in [2.45, 2.75) is 25.4 Å². The highest BCUT2D eigenvalue weighted by Gasteiger charge is 2.27. The van der Waals surface area contributed by atoms with Gasteiger partial charge in [0.2, 0.25) is 5.91 Å². The molecule has 6 heteroatoms. The molecule has 25 heavy (non-hydrogen) atoms. The van der Waals surface area contributed by atoms with Crippen molar-refractivity contribution in [2.75, 3.05) is 48.5 Å². The van der Waals surface area contributed by atoms with Crippen LogP contribution in [0.2, 0.25) is 0 Å². The minimum Gasteiger partial charge on any atom is -0.493 e. The Balaban J connectivity index is 1.98. The topological polar surface area (TPSA) is 54.0 Å². The average molecular weight is 349 g/mol. The van der Waals surface area contributed by atoms with Crippen molar-refractivity contribution in [3.05, 3.63) is 23.8 Å². The molecule has 1 aliphatic heterocycles. The molecule has 0 radical (unpaired) electrons. The number of carbonyl (C=O) groups is 1. The summed E-state index contributed by atoms with van der Waals surface area (Å²) in [5.74, 6) is 1.48. The molecule has 1 N–H and O–H groups in total.